The Balaban J connectivity index is 2.34. The molecule has 1 aliphatic rings. The fourth-order valence-corrected chi connectivity index (χ4v) is 1.98. The van der Waals surface area contributed by atoms with Crippen molar-refractivity contribution >= 4 is 17.8 Å². The van der Waals surface area contributed by atoms with Gasteiger partial charge < -0.3 is 21.5 Å². The average Bonchev–Trinajstić information content (AvgIpc) is 2.35. The highest BCUT2D eigenvalue weighted by molar-refractivity contribution is 5.87. The second-order valence-electron chi connectivity index (χ2n) is 4.59. The van der Waals surface area contributed by atoms with Crippen molar-refractivity contribution in [3.8, 4) is 0 Å². The number of piperazine rings is 1. The van der Waals surface area contributed by atoms with Gasteiger partial charge in [-0.2, -0.15) is 0 Å². The zero-order chi connectivity index (χ0) is 14.4. The number of carboxylic acids is 1. The summed E-state index contributed by atoms with van der Waals surface area (Å²) in [4.78, 5) is 36.6. The summed E-state index contributed by atoms with van der Waals surface area (Å²) in [6, 6.07) is -0.886. The smallest absolute Gasteiger partial charge is 0.304 e. The lowest BCUT2D eigenvalue weighted by molar-refractivity contribution is -0.139. The van der Waals surface area contributed by atoms with Crippen molar-refractivity contribution in [1.82, 2.24) is 9.80 Å². The number of carbonyl (C=O) groups is 3. The molecule has 1 atom stereocenters. The number of primary amides is 1. The first-order chi connectivity index (χ1) is 8.90. The zero-order valence-electron chi connectivity index (χ0n) is 10.7. The molecule has 0 spiro atoms. The number of aliphatic carboxylic acids is 1. The number of hydrogen-bond donors (Lipinski definition) is 3. The van der Waals surface area contributed by atoms with E-state index in [9.17, 15) is 14.4 Å². The third-order valence-corrected chi connectivity index (χ3v) is 3.06. The molecule has 0 aliphatic carbocycles. The number of amides is 2. The summed E-state index contributed by atoms with van der Waals surface area (Å²) in [5.74, 6) is -1.71. The molecule has 1 fully saturated rings. The molecule has 0 bridgehead atoms. The molecule has 1 saturated heterocycles. The maximum atomic E-state index is 11.9. The monoisotopic (exact) mass is 272 g/mol. The predicted octanol–water partition coefficient (Wildman–Crippen LogP) is -2.19. The predicted molar refractivity (Wildman–Crippen MR) is 67.1 cm³/mol. The van der Waals surface area contributed by atoms with Crippen LogP contribution in [0.1, 0.15) is 12.8 Å². The van der Waals surface area contributed by atoms with Crippen LogP contribution >= 0.6 is 0 Å². The molecule has 8 heteroatoms. The molecule has 0 aromatic heterocycles. The molecule has 1 heterocycles. The van der Waals surface area contributed by atoms with Gasteiger partial charge in [0.25, 0.3) is 0 Å². The Hall–Kier alpha value is -1.67. The lowest BCUT2D eigenvalue weighted by atomic mass is 10.1. The Morgan fingerprint density at radius 3 is 2.21 bits per heavy atom. The second-order valence-corrected chi connectivity index (χ2v) is 4.59. The van der Waals surface area contributed by atoms with Crippen molar-refractivity contribution in [2.24, 2.45) is 11.5 Å². The summed E-state index contributed by atoms with van der Waals surface area (Å²) < 4.78 is 0. The molecule has 1 aliphatic heterocycles. The molecule has 0 aromatic rings. The molecule has 1 unspecified atom stereocenters. The van der Waals surface area contributed by atoms with E-state index in [1.807, 2.05) is 4.90 Å². The minimum absolute atomic E-state index is 0.0924. The van der Waals surface area contributed by atoms with E-state index < -0.39 is 17.9 Å². The molecule has 8 nitrogen and oxygen atoms in total. The lowest BCUT2D eigenvalue weighted by Gasteiger charge is -2.35. The number of hydrogen-bond acceptors (Lipinski definition) is 5. The summed E-state index contributed by atoms with van der Waals surface area (Å²) in [5.41, 5.74) is 10.6. The van der Waals surface area contributed by atoms with Gasteiger partial charge in [0.05, 0.1) is 18.9 Å². The number of nitrogens with zero attached hydrogens (tertiary/aromatic N) is 2. The Morgan fingerprint density at radius 1 is 1.16 bits per heavy atom. The molecule has 0 saturated carbocycles. The van der Waals surface area contributed by atoms with Crippen LogP contribution in [0.25, 0.3) is 0 Å². The van der Waals surface area contributed by atoms with Crippen molar-refractivity contribution in [1.29, 1.82) is 0 Å². The van der Waals surface area contributed by atoms with E-state index in [4.69, 9.17) is 16.6 Å². The van der Waals surface area contributed by atoms with E-state index in [0.29, 0.717) is 32.7 Å². The lowest BCUT2D eigenvalue weighted by Crippen LogP contribution is -2.53. The van der Waals surface area contributed by atoms with Gasteiger partial charge in [0.15, 0.2) is 0 Å². The normalized spacial score (nSPS) is 18.1. The minimum atomic E-state index is -0.886. The Morgan fingerprint density at radius 2 is 1.74 bits per heavy atom. The van der Waals surface area contributed by atoms with Crippen LogP contribution in [0.15, 0.2) is 0 Å². The molecular formula is C11H20N4O4. The molecule has 108 valence electrons. The molecule has 19 heavy (non-hydrogen) atoms. The minimum Gasteiger partial charge on any atom is -0.481 e. The van der Waals surface area contributed by atoms with Crippen LogP contribution < -0.4 is 11.5 Å². The van der Waals surface area contributed by atoms with E-state index in [1.165, 1.54) is 0 Å². The molecule has 0 radical (unpaired) electrons. The molecule has 2 amide bonds. The van der Waals surface area contributed by atoms with E-state index in [-0.39, 0.29) is 18.7 Å². The summed E-state index contributed by atoms with van der Waals surface area (Å²) in [6.07, 6.45) is -0.0623. The summed E-state index contributed by atoms with van der Waals surface area (Å²) in [5, 5.41) is 8.59. The molecule has 1 rings (SSSR count). The first-order valence-corrected chi connectivity index (χ1v) is 6.17. The highest BCUT2D eigenvalue weighted by atomic mass is 16.4. The first-order valence-electron chi connectivity index (χ1n) is 6.17. The van der Waals surface area contributed by atoms with E-state index in [2.05, 4.69) is 0 Å². The SMILES string of the molecule is NC(=O)CC(N)C(=O)N1CCN(CCC(=O)O)CC1. The number of carboxylic acid groups (broad SMARTS) is 1. The van der Waals surface area contributed by atoms with Crippen LogP contribution in [0.5, 0.6) is 0 Å². The van der Waals surface area contributed by atoms with E-state index in [0.717, 1.165) is 0 Å². The van der Waals surface area contributed by atoms with Gasteiger partial charge in [-0.1, -0.05) is 0 Å². The second kappa shape index (κ2) is 7.05. The highest BCUT2D eigenvalue weighted by Crippen LogP contribution is 2.05. The Bertz CT molecular complexity index is 353. The highest BCUT2D eigenvalue weighted by Gasteiger charge is 2.26. The van der Waals surface area contributed by atoms with Gasteiger partial charge in [-0.25, -0.2) is 0 Å². The van der Waals surface area contributed by atoms with Gasteiger partial charge in [0.1, 0.15) is 0 Å². The number of rotatable bonds is 6. The fourth-order valence-electron chi connectivity index (χ4n) is 1.98. The van der Waals surface area contributed by atoms with Crippen molar-refractivity contribution in [3.05, 3.63) is 0 Å². The van der Waals surface area contributed by atoms with Crippen LogP contribution in [0.3, 0.4) is 0 Å². The van der Waals surface area contributed by atoms with Crippen LogP contribution in [0, 0.1) is 0 Å². The Labute approximate surface area is 111 Å². The summed E-state index contributed by atoms with van der Waals surface area (Å²) in [6.45, 7) is 2.69. The first kappa shape index (κ1) is 15.4. The number of nitrogens with two attached hydrogens (primary N) is 2. The van der Waals surface area contributed by atoms with E-state index in [1.54, 1.807) is 4.90 Å². The number of carbonyl (C=O) groups excluding carboxylic acids is 2. The third kappa shape index (κ3) is 5.23. The van der Waals surface area contributed by atoms with Gasteiger partial charge in [-0.3, -0.25) is 19.3 Å². The van der Waals surface area contributed by atoms with Crippen molar-refractivity contribution in [3.63, 3.8) is 0 Å². The van der Waals surface area contributed by atoms with E-state index >= 15 is 0 Å². The summed E-state index contributed by atoms with van der Waals surface area (Å²) >= 11 is 0. The van der Waals surface area contributed by atoms with Crippen LogP contribution in [0.2, 0.25) is 0 Å². The zero-order valence-corrected chi connectivity index (χ0v) is 10.7. The largest absolute Gasteiger partial charge is 0.481 e. The van der Waals surface area contributed by atoms with Crippen molar-refractivity contribution in [2.75, 3.05) is 32.7 Å². The van der Waals surface area contributed by atoms with Gasteiger partial charge in [0.2, 0.25) is 11.8 Å². The average molecular weight is 272 g/mol. The maximum Gasteiger partial charge on any atom is 0.304 e. The standard InChI is InChI=1S/C11H20N4O4/c12-8(7-9(13)16)11(19)15-5-3-14(4-6-15)2-1-10(17)18/h8H,1-7,12H2,(H2,13,16)(H,17,18). The molecule has 5 N–H and O–H groups in total. The van der Waals surface area contributed by atoms with Gasteiger partial charge in [0, 0.05) is 32.7 Å². The van der Waals surface area contributed by atoms with Gasteiger partial charge in [-0.15, -0.1) is 0 Å². The summed E-state index contributed by atoms with van der Waals surface area (Å²) in [7, 11) is 0. The molecular weight excluding hydrogens is 252 g/mol. The van der Waals surface area contributed by atoms with Crippen LogP contribution in [0.4, 0.5) is 0 Å². The van der Waals surface area contributed by atoms with Gasteiger partial charge >= 0.3 is 5.97 Å². The third-order valence-electron chi connectivity index (χ3n) is 3.06. The Kier molecular flexibility index (Phi) is 5.71. The topological polar surface area (TPSA) is 130 Å². The molecule has 0 aromatic carbocycles. The van der Waals surface area contributed by atoms with Crippen molar-refractivity contribution < 1.29 is 19.5 Å². The quantitative estimate of drug-likeness (QED) is 0.503. The van der Waals surface area contributed by atoms with Crippen molar-refractivity contribution in [2.45, 2.75) is 18.9 Å². The van der Waals surface area contributed by atoms with Gasteiger partial charge in [-0.05, 0) is 0 Å². The van der Waals surface area contributed by atoms with Crippen LogP contribution in [-0.2, 0) is 14.4 Å². The fraction of sp³-hybridized carbons (Fsp3) is 0.727. The maximum absolute atomic E-state index is 11.9. The van der Waals surface area contributed by atoms with Crippen LogP contribution in [-0.4, -0.2) is 71.5 Å².